The lowest BCUT2D eigenvalue weighted by Crippen LogP contribution is -2.51. The Morgan fingerprint density at radius 2 is 1.93 bits per heavy atom. The van der Waals surface area contributed by atoms with Gasteiger partial charge in [0.1, 0.15) is 18.6 Å². The Kier molecular flexibility index (Phi) is 5.24. The van der Waals surface area contributed by atoms with Gasteiger partial charge in [0, 0.05) is 25.2 Å². The summed E-state index contributed by atoms with van der Waals surface area (Å²) in [6.07, 6.45) is 1.40. The van der Waals surface area contributed by atoms with E-state index in [2.05, 4.69) is 15.2 Å². The van der Waals surface area contributed by atoms with Gasteiger partial charge in [0.25, 0.3) is 5.91 Å². The molecule has 0 atom stereocenters. The van der Waals surface area contributed by atoms with Crippen molar-refractivity contribution in [3.8, 4) is 17.1 Å². The molecule has 0 saturated carbocycles. The summed E-state index contributed by atoms with van der Waals surface area (Å²) in [6.45, 7) is 1.53. The van der Waals surface area contributed by atoms with Crippen molar-refractivity contribution >= 4 is 11.8 Å². The lowest BCUT2D eigenvalue weighted by molar-refractivity contribution is -0.135. The van der Waals surface area contributed by atoms with Crippen LogP contribution < -0.4 is 4.74 Å². The Balaban J connectivity index is 1.45. The average Bonchev–Trinajstić information content (AvgIpc) is 3.30. The van der Waals surface area contributed by atoms with Crippen molar-refractivity contribution in [3.05, 3.63) is 66.0 Å². The molecule has 1 aliphatic heterocycles. The molecule has 1 aliphatic rings. The van der Waals surface area contributed by atoms with Crippen LogP contribution in [0.5, 0.6) is 5.75 Å². The fourth-order valence-corrected chi connectivity index (χ4v) is 3.38. The van der Waals surface area contributed by atoms with Crippen LogP contribution >= 0.6 is 0 Å². The van der Waals surface area contributed by atoms with E-state index in [4.69, 9.17) is 4.74 Å². The summed E-state index contributed by atoms with van der Waals surface area (Å²) in [6, 6.07) is 14.8. The molecule has 4 rings (SSSR count). The number of aromatic nitrogens is 3. The molecule has 0 spiro atoms. The second kappa shape index (κ2) is 8.14. The molecule has 0 radical (unpaired) electrons. The van der Waals surface area contributed by atoms with Crippen molar-refractivity contribution < 1.29 is 14.3 Å². The highest BCUT2D eigenvalue weighted by Crippen LogP contribution is 2.22. The number of carbonyl (C=O) groups excluding carboxylic acids is 2. The number of rotatable bonds is 5. The van der Waals surface area contributed by atoms with Crippen LogP contribution in [0.1, 0.15) is 15.9 Å². The molecule has 1 N–H and O–H groups in total. The van der Waals surface area contributed by atoms with Gasteiger partial charge in [-0.2, -0.15) is 5.10 Å². The normalized spacial score (nSPS) is 14.2. The highest BCUT2D eigenvalue weighted by molar-refractivity contribution is 6.01. The van der Waals surface area contributed by atoms with Crippen LogP contribution in [0, 0.1) is 0 Å². The van der Waals surface area contributed by atoms with Gasteiger partial charge in [0.2, 0.25) is 5.91 Å². The van der Waals surface area contributed by atoms with E-state index >= 15 is 0 Å². The summed E-state index contributed by atoms with van der Waals surface area (Å²) < 4.78 is 5.16. The minimum atomic E-state index is -0.186. The third kappa shape index (κ3) is 3.96. The Morgan fingerprint density at radius 1 is 1.14 bits per heavy atom. The second-order valence-corrected chi connectivity index (χ2v) is 6.77. The van der Waals surface area contributed by atoms with Gasteiger partial charge < -0.3 is 14.5 Å². The number of aromatic amines is 1. The molecular formula is C21H21N5O3. The predicted octanol–water partition coefficient (Wildman–Crippen LogP) is 1.96. The van der Waals surface area contributed by atoms with Crippen LogP contribution in [0.25, 0.3) is 11.4 Å². The van der Waals surface area contributed by atoms with Crippen molar-refractivity contribution in [1.82, 2.24) is 25.0 Å². The van der Waals surface area contributed by atoms with Crippen LogP contribution in [0.3, 0.4) is 0 Å². The number of nitrogens with zero attached hydrogens (tertiary/aromatic N) is 4. The van der Waals surface area contributed by atoms with Crippen molar-refractivity contribution in [2.24, 2.45) is 0 Å². The predicted molar refractivity (Wildman–Crippen MR) is 106 cm³/mol. The standard InChI is InChI=1S/C21H21N5O3/c1-29-16-8-6-15(7-9-16)12-25-10-11-26(13-19(25)27)21(28)18-5-3-2-4-17(18)20-22-14-23-24-20/h2-9,14H,10-13H2,1H3,(H,22,23,24). The summed E-state index contributed by atoms with van der Waals surface area (Å²) in [5.74, 6) is 1.05. The van der Waals surface area contributed by atoms with E-state index in [-0.39, 0.29) is 18.4 Å². The molecule has 1 aromatic heterocycles. The molecule has 2 aromatic carbocycles. The third-order valence-electron chi connectivity index (χ3n) is 4.97. The van der Waals surface area contributed by atoms with Gasteiger partial charge in [-0.3, -0.25) is 14.7 Å². The molecule has 148 valence electrons. The van der Waals surface area contributed by atoms with E-state index in [1.807, 2.05) is 36.4 Å². The summed E-state index contributed by atoms with van der Waals surface area (Å²) in [4.78, 5) is 33.2. The Bertz CT molecular complexity index is 1000. The number of benzene rings is 2. The summed E-state index contributed by atoms with van der Waals surface area (Å²) in [5.41, 5.74) is 2.19. The largest absolute Gasteiger partial charge is 0.497 e. The molecule has 1 saturated heterocycles. The molecule has 2 amide bonds. The topological polar surface area (TPSA) is 91.4 Å². The smallest absolute Gasteiger partial charge is 0.255 e. The number of hydrogen-bond acceptors (Lipinski definition) is 5. The van der Waals surface area contributed by atoms with Crippen LogP contribution in [0.2, 0.25) is 0 Å². The zero-order valence-corrected chi connectivity index (χ0v) is 16.0. The van der Waals surface area contributed by atoms with Crippen molar-refractivity contribution in [1.29, 1.82) is 0 Å². The Hall–Kier alpha value is -3.68. The van der Waals surface area contributed by atoms with Crippen molar-refractivity contribution in [2.45, 2.75) is 6.54 Å². The minimum Gasteiger partial charge on any atom is -0.497 e. The molecule has 0 aliphatic carbocycles. The van der Waals surface area contributed by atoms with Gasteiger partial charge in [-0.05, 0) is 23.8 Å². The number of hydrogen-bond donors (Lipinski definition) is 1. The quantitative estimate of drug-likeness (QED) is 0.718. The minimum absolute atomic E-state index is 0.0553. The fraction of sp³-hybridized carbons (Fsp3) is 0.238. The first-order valence-corrected chi connectivity index (χ1v) is 9.30. The second-order valence-electron chi connectivity index (χ2n) is 6.77. The molecule has 2 heterocycles. The number of piperazine rings is 1. The summed E-state index contributed by atoms with van der Waals surface area (Å²) in [7, 11) is 1.62. The molecule has 29 heavy (non-hydrogen) atoms. The van der Waals surface area contributed by atoms with Gasteiger partial charge in [0.05, 0.1) is 12.7 Å². The van der Waals surface area contributed by atoms with Crippen LogP contribution in [0.15, 0.2) is 54.9 Å². The van der Waals surface area contributed by atoms with E-state index < -0.39 is 0 Å². The van der Waals surface area contributed by atoms with Crippen molar-refractivity contribution in [3.63, 3.8) is 0 Å². The maximum absolute atomic E-state index is 13.1. The average molecular weight is 391 g/mol. The van der Waals surface area contributed by atoms with Gasteiger partial charge in [-0.25, -0.2) is 4.98 Å². The summed E-state index contributed by atoms with van der Waals surface area (Å²) in [5, 5.41) is 6.64. The lowest BCUT2D eigenvalue weighted by Gasteiger charge is -2.34. The van der Waals surface area contributed by atoms with Gasteiger partial charge in [-0.15, -0.1) is 0 Å². The monoisotopic (exact) mass is 391 g/mol. The van der Waals surface area contributed by atoms with E-state index in [1.165, 1.54) is 6.33 Å². The van der Waals surface area contributed by atoms with Crippen molar-refractivity contribution in [2.75, 3.05) is 26.7 Å². The first-order chi connectivity index (χ1) is 14.2. The SMILES string of the molecule is COc1ccc(CN2CCN(C(=O)c3ccccc3-c3ncn[nH]3)CC2=O)cc1. The van der Waals surface area contributed by atoms with Crippen LogP contribution in [0.4, 0.5) is 0 Å². The fourth-order valence-electron chi connectivity index (χ4n) is 3.38. The number of carbonyl (C=O) groups is 2. The van der Waals surface area contributed by atoms with Crippen LogP contribution in [-0.2, 0) is 11.3 Å². The number of ether oxygens (including phenoxy) is 1. The number of H-pyrrole nitrogens is 1. The molecular weight excluding hydrogens is 370 g/mol. The molecule has 1 fully saturated rings. The highest BCUT2D eigenvalue weighted by atomic mass is 16.5. The molecule has 0 unspecified atom stereocenters. The molecule has 0 bridgehead atoms. The maximum atomic E-state index is 13.1. The first kappa shape index (κ1) is 18.7. The number of amides is 2. The zero-order chi connectivity index (χ0) is 20.2. The summed E-state index contributed by atoms with van der Waals surface area (Å²) >= 11 is 0. The zero-order valence-electron chi connectivity index (χ0n) is 16.0. The lowest BCUT2D eigenvalue weighted by atomic mass is 10.1. The number of nitrogens with one attached hydrogen (secondary N) is 1. The van der Waals surface area contributed by atoms with Gasteiger partial charge in [-0.1, -0.05) is 30.3 Å². The number of methoxy groups -OCH3 is 1. The van der Waals surface area contributed by atoms with E-state index in [0.29, 0.717) is 36.6 Å². The van der Waals surface area contributed by atoms with Crippen LogP contribution in [-0.4, -0.2) is 63.5 Å². The van der Waals surface area contributed by atoms with Gasteiger partial charge in [0.15, 0.2) is 5.82 Å². The Labute approximate surface area is 168 Å². The maximum Gasteiger partial charge on any atom is 0.255 e. The van der Waals surface area contributed by atoms with E-state index in [1.54, 1.807) is 29.0 Å². The molecule has 3 aromatic rings. The molecule has 8 heteroatoms. The van der Waals surface area contributed by atoms with E-state index in [0.717, 1.165) is 11.3 Å². The molecule has 8 nitrogen and oxygen atoms in total. The third-order valence-corrected chi connectivity index (χ3v) is 4.97. The Morgan fingerprint density at radius 3 is 2.62 bits per heavy atom. The van der Waals surface area contributed by atoms with E-state index in [9.17, 15) is 9.59 Å². The first-order valence-electron chi connectivity index (χ1n) is 9.30. The highest BCUT2D eigenvalue weighted by Gasteiger charge is 2.29. The van der Waals surface area contributed by atoms with Gasteiger partial charge >= 0.3 is 0 Å².